The Bertz CT molecular complexity index is 662. The number of halogens is 5. The second-order valence-corrected chi connectivity index (χ2v) is 5.31. The van der Waals surface area contributed by atoms with Crippen LogP contribution < -0.4 is 10.1 Å². The molecule has 0 heterocycles. The summed E-state index contributed by atoms with van der Waals surface area (Å²) >= 11 is 0. The fourth-order valence-electron chi connectivity index (χ4n) is 1.94. The van der Waals surface area contributed by atoms with Crippen molar-refractivity contribution in [1.82, 2.24) is 0 Å². The van der Waals surface area contributed by atoms with E-state index in [0.29, 0.717) is 17.7 Å². The zero-order valence-corrected chi connectivity index (χ0v) is 14.0. The van der Waals surface area contributed by atoms with Crippen LogP contribution in [0, 0.1) is 6.92 Å². The molecule has 0 aromatic heterocycles. The summed E-state index contributed by atoms with van der Waals surface area (Å²) in [6, 6.07) is 3.93. The molecule has 0 aliphatic carbocycles. The maximum atomic E-state index is 13.5. The lowest BCUT2D eigenvalue weighted by atomic mass is 10.1. The summed E-state index contributed by atoms with van der Waals surface area (Å²) in [5, 5.41) is 2.93. The predicted octanol–water partition coefficient (Wildman–Crippen LogP) is 6.37. The second kappa shape index (κ2) is 9.25. The van der Waals surface area contributed by atoms with E-state index in [1.165, 1.54) is 18.2 Å². The molecule has 0 aliphatic heterocycles. The van der Waals surface area contributed by atoms with E-state index in [9.17, 15) is 22.0 Å². The second-order valence-electron chi connectivity index (χ2n) is 5.31. The SMILES string of the molecule is C=C(/C=C(F)\C(F)=C/CC)CCNc1cc(OC(F)(F)F)ccc1C. The number of allylic oxidation sites excluding steroid dienone is 4. The fraction of sp³-hybridized carbons (Fsp3) is 0.333. The highest BCUT2D eigenvalue weighted by Crippen LogP contribution is 2.27. The van der Waals surface area contributed by atoms with E-state index in [0.717, 1.165) is 17.7 Å². The van der Waals surface area contributed by atoms with Crippen molar-refractivity contribution in [3.63, 3.8) is 0 Å². The molecule has 0 bridgehead atoms. The molecule has 0 spiro atoms. The highest BCUT2D eigenvalue weighted by molar-refractivity contribution is 5.54. The average Bonchev–Trinajstić information content (AvgIpc) is 2.49. The van der Waals surface area contributed by atoms with Gasteiger partial charge in [0.15, 0.2) is 11.7 Å². The van der Waals surface area contributed by atoms with Crippen LogP contribution in [0.15, 0.2) is 54.2 Å². The van der Waals surface area contributed by atoms with Crippen LogP contribution in [0.4, 0.5) is 27.6 Å². The van der Waals surface area contributed by atoms with Gasteiger partial charge in [0.25, 0.3) is 0 Å². The number of aryl methyl sites for hydroxylation is 1. The van der Waals surface area contributed by atoms with Gasteiger partial charge >= 0.3 is 6.36 Å². The summed E-state index contributed by atoms with van der Waals surface area (Å²) < 4.78 is 67.3. The van der Waals surface area contributed by atoms with E-state index < -0.39 is 18.0 Å². The quantitative estimate of drug-likeness (QED) is 0.429. The van der Waals surface area contributed by atoms with Gasteiger partial charge in [-0.2, -0.15) is 0 Å². The Labute approximate surface area is 143 Å². The third kappa shape index (κ3) is 7.87. The number of hydrogen-bond acceptors (Lipinski definition) is 2. The van der Waals surface area contributed by atoms with Crippen LogP contribution in [0.25, 0.3) is 0 Å². The standard InChI is InChI=1S/C18H20F5NO/c1-4-5-15(19)16(20)10-12(2)8-9-24-17-11-14(7-6-13(17)3)25-18(21,22)23/h5-7,10-11,24H,2,4,8-9H2,1,3H3/b15-5+,16-10+. The minimum Gasteiger partial charge on any atom is -0.406 e. The van der Waals surface area contributed by atoms with Crippen molar-refractivity contribution in [1.29, 1.82) is 0 Å². The smallest absolute Gasteiger partial charge is 0.406 e. The molecule has 0 radical (unpaired) electrons. The van der Waals surface area contributed by atoms with Crippen molar-refractivity contribution in [2.75, 3.05) is 11.9 Å². The molecule has 1 aromatic rings. The van der Waals surface area contributed by atoms with Gasteiger partial charge in [-0.25, -0.2) is 8.78 Å². The Morgan fingerprint density at radius 3 is 2.52 bits per heavy atom. The Balaban J connectivity index is 2.64. The van der Waals surface area contributed by atoms with E-state index in [2.05, 4.69) is 16.6 Å². The van der Waals surface area contributed by atoms with Crippen molar-refractivity contribution >= 4 is 5.69 Å². The van der Waals surface area contributed by atoms with Gasteiger partial charge in [0, 0.05) is 18.3 Å². The van der Waals surface area contributed by atoms with Crippen LogP contribution in [-0.4, -0.2) is 12.9 Å². The fourth-order valence-corrected chi connectivity index (χ4v) is 1.94. The van der Waals surface area contributed by atoms with Gasteiger partial charge in [0.05, 0.1) is 0 Å². The number of hydrogen-bond donors (Lipinski definition) is 1. The van der Waals surface area contributed by atoms with Gasteiger partial charge in [-0.05, 0) is 43.5 Å². The minimum absolute atomic E-state index is 0.288. The first-order valence-corrected chi connectivity index (χ1v) is 7.63. The number of anilines is 1. The number of rotatable bonds is 8. The summed E-state index contributed by atoms with van der Waals surface area (Å²) in [5.41, 5.74) is 1.53. The molecule has 25 heavy (non-hydrogen) atoms. The van der Waals surface area contributed by atoms with Crippen LogP contribution in [0.5, 0.6) is 5.75 Å². The lowest BCUT2D eigenvalue weighted by molar-refractivity contribution is -0.274. The van der Waals surface area contributed by atoms with Gasteiger partial charge in [-0.15, -0.1) is 13.2 Å². The average molecular weight is 361 g/mol. The normalized spacial score (nSPS) is 12.9. The van der Waals surface area contributed by atoms with E-state index in [-0.39, 0.29) is 18.7 Å². The monoisotopic (exact) mass is 361 g/mol. The minimum atomic E-state index is -4.76. The van der Waals surface area contributed by atoms with Crippen LogP contribution in [0.3, 0.4) is 0 Å². The maximum Gasteiger partial charge on any atom is 0.573 e. The Kier molecular flexibility index (Phi) is 7.67. The van der Waals surface area contributed by atoms with Crippen LogP contribution in [0.2, 0.25) is 0 Å². The Morgan fingerprint density at radius 2 is 1.92 bits per heavy atom. The predicted molar refractivity (Wildman–Crippen MR) is 88.8 cm³/mol. The largest absolute Gasteiger partial charge is 0.573 e. The zero-order valence-electron chi connectivity index (χ0n) is 14.0. The van der Waals surface area contributed by atoms with E-state index in [1.54, 1.807) is 13.8 Å². The molecule has 0 fully saturated rings. The van der Waals surface area contributed by atoms with Crippen LogP contribution >= 0.6 is 0 Å². The molecule has 0 saturated heterocycles. The molecule has 1 aromatic carbocycles. The molecule has 1 N–H and O–H groups in total. The lowest BCUT2D eigenvalue weighted by Gasteiger charge is -2.13. The molecular weight excluding hydrogens is 341 g/mol. The molecule has 2 nitrogen and oxygen atoms in total. The lowest BCUT2D eigenvalue weighted by Crippen LogP contribution is -2.17. The van der Waals surface area contributed by atoms with Crippen molar-refractivity contribution in [3.05, 3.63) is 59.7 Å². The zero-order chi connectivity index (χ0) is 19.0. The summed E-state index contributed by atoms with van der Waals surface area (Å²) in [4.78, 5) is 0. The number of ether oxygens (including phenoxy) is 1. The Morgan fingerprint density at radius 1 is 1.24 bits per heavy atom. The first-order valence-electron chi connectivity index (χ1n) is 7.63. The maximum absolute atomic E-state index is 13.5. The highest BCUT2D eigenvalue weighted by atomic mass is 19.4. The van der Waals surface area contributed by atoms with Crippen molar-refractivity contribution in [2.45, 2.75) is 33.1 Å². The summed E-state index contributed by atoms with van der Waals surface area (Å²) in [5.74, 6) is -2.27. The van der Waals surface area contributed by atoms with Gasteiger partial charge in [-0.1, -0.05) is 25.1 Å². The van der Waals surface area contributed by atoms with Crippen molar-refractivity contribution in [2.24, 2.45) is 0 Å². The summed E-state index contributed by atoms with van der Waals surface area (Å²) in [6.07, 6.45) is -1.99. The third-order valence-corrected chi connectivity index (χ3v) is 3.15. The van der Waals surface area contributed by atoms with Crippen LogP contribution in [0.1, 0.15) is 25.3 Å². The molecular formula is C18H20F5NO. The first-order chi connectivity index (χ1) is 11.6. The van der Waals surface area contributed by atoms with Gasteiger partial charge in [0.1, 0.15) is 5.75 Å². The molecule has 1 rings (SSSR count). The van der Waals surface area contributed by atoms with Gasteiger partial charge in [-0.3, -0.25) is 0 Å². The van der Waals surface area contributed by atoms with Gasteiger partial charge in [0.2, 0.25) is 0 Å². The number of nitrogens with one attached hydrogen (secondary N) is 1. The molecule has 0 atom stereocenters. The highest BCUT2D eigenvalue weighted by Gasteiger charge is 2.31. The van der Waals surface area contributed by atoms with E-state index in [4.69, 9.17) is 0 Å². The topological polar surface area (TPSA) is 21.3 Å². The molecule has 0 amide bonds. The summed E-state index contributed by atoms with van der Waals surface area (Å²) in [7, 11) is 0. The number of benzene rings is 1. The van der Waals surface area contributed by atoms with Crippen molar-refractivity contribution in [3.8, 4) is 5.75 Å². The molecule has 138 valence electrons. The molecule has 7 heteroatoms. The number of alkyl halides is 3. The molecule has 0 unspecified atom stereocenters. The first kappa shape index (κ1) is 20.7. The Hall–Kier alpha value is -2.31. The summed E-state index contributed by atoms with van der Waals surface area (Å²) in [6.45, 7) is 7.33. The van der Waals surface area contributed by atoms with Gasteiger partial charge < -0.3 is 10.1 Å². The molecule has 0 aliphatic rings. The van der Waals surface area contributed by atoms with Crippen LogP contribution in [-0.2, 0) is 0 Å². The van der Waals surface area contributed by atoms with Crippen molar-refractivity contribution < 1.29 is 26.7 Å². The van der Waals surface area contributed by atoms with E-state index in [1.807, 2.05) is 0 Å². The van der Waals surface area contributed by atoms with E-state index >= 15 is 0 Å². The molecule has 0 saturated carbocycles. The third-order valence-electron chi connectivity index (χ3n) is 3.15.